The zero-order valence-corrected chi connectivity index (χ0v) is 19.6. The molecule has 4 aliphatic carbocycles. The van der Waals surface area contributed by atoms with Crippen molar-refractivity contribution >= 4 is 5.78 Å². The second-order valence-corrected chi connectivity index (χ2v) is 12.0. The predicted octanol–water partition coefficient (Wildman–Crippen LogP) is 4.73. The Morgan fingerprint density at radius 2 is 2.00 bits per heavy atom. The highest BCUT2D eigenvalue weighted by Crippen LogP contribution is 2.66. The summed E-state index contributed by atoms with van der Waals surface area (Å²) in [6.45, 7) is 6.56. The number of nitriles is 1. The minimum atomic E-state index is -0.705. The molecule has 0 aliphatic heterocycles. The third-order valence-electron chi connectivity index (χ3n) is 10.1. The smallest absolute Gasteiger partial charge is 0.229 e. The van der Waals surface area contributed by atoms with Gasteiger partial charge in [0.1, 0.15) is 18.2 Å². The lowest BCUT2D eigenvalue weighted by molar-refractivity contribution is -0.133. The van der Waals surface area contributed by atoms with Crippen molar-refractivity contribution in [1.82, 2.24) is 9.78 Å². The van der Waals surface area contributed by atoms with Crippen LogP contribution in [0.5, 0.6) is 0 Å². The average Bonchev–Trinajstić information content (AvgIpc) is 3.23. The molecule has 1 aromatic rings. The molecule has 1 aromatic heterocycles. The van der Waals surface area contributed by atoms with Crippen molar-refractivity contribution in [1.29, 1.82) is 5.26 Å². The van der Waals surface area contributed by atoms with Crippen LogP contribution in [0.2, 0.25) is 0 Å². The molecule has 0 radical (unpaired) electrons. The molecule has 9 atom stereocenters. The maximum atomic E-state index is 14.3. The van der Waals surface area contributed by atoms with Crippen LogP contribution in [-0.2, 0) is 11.3 Å². The summed E-state index contributed by atoms with van der Waals surface area (Å²) in [7, 11) is 0. The SMILES string of the molecule is C[C@@H]1C[C@H](C(=O)Cn2ncc(C#N)c2F)[C@@]2(C)CC[C@H]3[C@@H](CC[C@@H]4C[C@](C)(O)CC[C@@H]43)[C@H]12. The van der Waals surface area contributed by atoms with E-state index < -0.39 is 11.5 Å². The summed E-state index contributed by atoms with van der Waals surface area (Å²) in [5.74, 6) is 3.08. The number of hydrogen-bond donors (Lipinski definition) is 1. The summed E-state index contributed by atoms with van der Waals surface area (Å²) in [5, 5.41) is 23.5. The molecule has 174 valence electrons. The highest BCUT2D eigenvalue weighted by molar-refractivity contribution is 5.82. The van der Waals surface area contributed by atoms with Crippen molar-refractivity contribution in [3.05, 3.63) is 17.7 Å². The minimum absolute atomic E-state index is 0.0354. The van der Waals surface area contributed by atoms with Crippen LogP contribution in [-0.4, -0.2) is 26.3 Å². The van der Waals surface area contributed by atoms with Crippen LogP contribution in [0.15, 0.2) is 6.20 Å². The predicted molar refractivity (Wildman–Crippen MR) is 118 cm³/mol. The van der Waals surface area contributed by atoms with Crippen LogP contribution in [0.1, 0.15) is 77.7 Å². The van der Waals surface area contributed by atoms with Crippen molar-refractivity contribution in [3.63, 3.8) is 0 Å². The monoisotopic (exact) mass is 441 g/mol. The Balaban J connectivity index is 1.35. The van der Waals surface area contributed by atoms with Gasteiger partial charge in [-0.25, -0.2) is 4.68 Å². The maximum absolute atomic E-state index is 14.3. The molecule has 4 aliphatic rings. The Morgan fingerprint density at radius 3 is 2.72 bits per heavy atom. The number of aliphatic hydroxyl groups is 1. The molecular formula is C26H36FN3O2. The Morgan fingerprint density at radius 1 is 1.25 bits per heavy atom. The van der Waals surface area contributed by atoms with Crippen LogP contribution in [0.3, 0.4) is 0 Å². The lowest BCUT2D eigenvalue weighted by Crippen LogP contribution is -2.51. The minimum Gasteiger partial charge on any atom is -0.390 e. The van der Waals surface area contributed by atoms with Crippen LogP contribution < -0.4 is 0 Å². The number of halogens is 1. The first kappa shape index (κ1) is 22.1. The molecule has 0 aromatic carbocycles. The van der Waals surface area contributed by atoms with Gasteiger partial charge in [-0.15, -0.1) is 0 Å². The summed E-state index contributed by atoms with van der Waals surface area (Å²) in [6.07, 6.45) is 9.72. The highest BCUT2D eigenvalue weighted by atomic mass is 19.1. The maximum Gasteiger partial charge on any atom is 0.229 e. The number of aromatic nitrogens is 2. The molecule has 4 saturated carbocycles. The first-order chi connectivity index (χ1) is 15.1. The second kappa shape index (κ2) is 7.65. The van der Waals surface area contributed by atoms with Crippen molar-refractivity contribution in [2.45, 2.75) is 84.3 Å². The summed E-state index contributed by atoms with van der Waals surface area (Å²) in [4.78, 5) is 13.4. The molecule has 1 N–H and O–H groups in total. The quantitative estimate of drug-likeness (QED) is 0.736. The highest BCUT2D eigenvalue weighted by Gasteiger charge is 2.61. The number of Topliss-reactive ketones (excluding diaryl/α,β-unsaturated/α-hetero) is 1. The van der Waals surface area contributed by atoms with Gasteiger partial charge in [0.05, 0.1) is 11.8 Å². The molecule has 32 heavy (non-hydrogen) atoms. The molecule has 0 amide bonds. The first-order valence-corrected chi connectivity index (χ1v) is 12.5. The number of ketones is 1. The zero-order chi connectivity index (χ0) is 22.8. The molecule has 0 unspecified atom stereocenters. The number of carbonyl (C=O) groups is 1. The van der Waals surface area contributed by atoms with E-state index in [0.717, 1.165) is 48.6 Å². The van der Waals surface area contributed by atoms with Crippen molar-refractivity contribution in [2.24, 2.45) is 46.8 Å². The number of carbonyl (C=O) groups excluding carboxylic acids is 1. The Kier molecular flexibility index (Phi) is 5.28. The van der Waals surface area contributed by atoms with E-state index in [9.17, 15) is 14.3 Å². The van der Waals surface area contributed by atoms with Crippen LogP contribution in [0.25, 0.3) is 0 Å². The fraction of sp³-hybridized carbons (Fsp3) is 0.808. The van der Waals surface area contributed by atoms with Gasteiger partial charge in [-0.3, -0.25) is 4.79 Å². The molecular weight excluding hydrogens is 405 g/mol. The first-order valence-electron chi connectivity index (χ1n) is 12.5. The lowest BCUT2D eigenvalue weighted by atomic mass is 9.48. The number of hydrogen-bond acceptors (Lipinski definition) is 4. The van der Waals surface area contributed by atoms with E-state index in [0.29, 0.717) is 23.7 Å². The standard InChI is InChI=1S/C26H36FN3O2/c1-15-10-21(22(31)14-30-24(27)17(12-28)13-29-30)26(3)9-7-19-18-6-8-25(2,32)11-16(18)4-5-20(19)23(15)26/h13,15-16,18-21,23,32H,4-11,14H2,1-3H3/t15-,16-,18+,19-,20-,21-,23+,25-,26-/m1/s1. The largest absolute Gasteiger partial charge is 0.390 e. The normalized spacial score (nSPS) is 45.4. The van der Waals surface area contributed by atoms with Gasteiger partial charge < -0.3 is 5.11 Å². The molecule has 1 heterocycles. The van der Waals surface area contributed by atoms with E-state index in [2.05, 4.69) is 18.9 Å². The fourth-order valence-corrected chi connectivity index (χ4v) is 8.94. The fourth-order valence-electron chi connectivity index (χ4n) is 8.94. The third kappa shape index (κ3) is 3.34. The molecule has 0 saturated heterocycles. The average molecular weight is 442 g/mol. The van der Waals surface area contributed by atoms with Crippen LogP contribution in [0.4, 0.5) is 4.39 Å². The van der Waals surface area contributed by atoms with E-state index in [1.165, 1.54) is 25.5 Å². The van der Waals surface area contributed by atoms with E-state index in [1.54, 1.807) is 6.07 Å². The van der Waals surface area contributed by atoms with Crippen molar-refractivity contribution < 1.29 is 14.3 Å². The van der Waals surface area contributed by atoms with Gasteiger partial charge in [-0.05, 0) is 99.2 Å². The summed E-state index contributed by atoms with van der Waals surface area (Å²) >= 11 is 0. The Labute approximate surface area is 190 Å². The van der Waals surface area contributed by atoms with Gasteiger partial charge in [-0.2, -0.15) is 14.8 Å². The molecule has 5 rings (SSSR count). The Bertz CT molecular complexity index is 949. The van der Waals surface area contributed by atoms with E-state index in [4.69, 9.17) is 5.26 Å². The summed E-state index contributed by atoms with van der Waals surface area (Å²) < 4.78 is 15.4. The molecule has 0 bridgehead atoms. The number of fused-ring (bicyclic) bond motifs is 5. The van der Waals surface area contributed by atoms with Gasteiger partial charge >= 0.3 is 0 Å². The molecule has 0 spiro atoms. The van der Waals surface area contributed by atoms with Gasteiger partial charge in [0.2, 0.25) is 5.95 Å². The van der Waals surface area contributed by atoms with Crippen LogP contribution >= 0.6 is 0 Å². The van der Waals surface area contributed by atoms with Gasteiger partial charge in [-0.1, -0.05) is 13.8 Å². The lowest BCUT2D eigenvalue weighted by Gasteiger charge is -2.57. The summed E-state index contributed by atoms with van der Waals surface area (Å²) in [6, 6.07) is 1.79. The summed E-state index contributed by atoms with van der Waals surface area (Å²) in [5.41, 5.74) is -0.639. The Hall–Kier alpha value is -1.74. The van der Waals surface area contributed by atoms with E-state index in [1.807, 2.05) is 6.92 Å². The molecule has 4 fully saturated rings. The van der Waals surface area contributed by atoms with Crippen molar-refractivity contribution in [3.8, 4) is 6.07 Å². The topological polar surface area (TPSA) is 78.9 Å². The number of rotatable bonds is 3. The van der Waals surface area contributed by atoms with Crippen LogP contribution in [0, 0.1) is 64.1 Å². The second-order valence-electron chi connectivity index (χ2n) is 12.0. The van der Waals surface area contributed by atoms with Crippen molar-refractivity contribution in [2.75, 3.05) is 0 Å². The van der Waals surface area contributed by atoms with Gasteiger partial charge in [0, 0.05) is 5.92 Å². The van der Waals surface area contributed by atoms with Gasteiger partial charge in [0.15, 0.2) is 5.78 Å². The molecule has 6 heteroatoms. The zero-order valence-electron chi connectivity index (χ0n) is 19.6. The van der Waals surface area contributed by atoms with E-state index in [-0.39, 0.29) is 29.2 Å². The van der Waals surface area contributed by atoms with E-state index >= 15 is 0 Å². The third-order valence-corrected chi connectivity index (χ3v) is 10.1. The number of nitrogens with zero attached hydrogens (tertiary/aromatic N) is 3. The van der Waals surface area contributed by atoms with Gasteiger partial charge in [0.25, 0.3) is 0 Å². The molecule has 5 nitrogen and oxygen atoms in total.